The summed E-state index contributed by atoms with van der Waals surface area (Å²) in [5, 5.41) is 36.8. The number of para-hydroxylation sites is 2. The number of carbonyl (C=O) groups is 4. The number of nitrogens with one attached hydrogen (secondary N) is 5. The van der Waals surface area contributed by atoms with E-state index in [2.05, 4.69) is 56.5 Å². The van der Waals surface area contributed by atoms with E-state index in [4.69, 9.17) is 29.3 Å². The molecule has 6 aromatic rings. The maximum Gasteiger partial charge on any atom is 0.273 e. The zero-order valence-electron chi connectivity index (χ0n) is 42.7. The summed E-state index contributed by atoms with van der Waals surface area (Å²) in [5.41, 5.74) is 1.80. The molecule has 4 fully saturated rings. The molecule has 2 spiro atoms. The van der Waals surface area contributed by atoms with Crippen LogP contribution in [0, 0.1) is 10.8 Å². The summed E-state index contributed by atoms with van der Waals surface area (Å²) in [6.07, 6.45) is 8.93. The lowest BCUT2D eigenvalue weighted by atomic mass is 10.1. The van der Waals surface area contributed by atoms with Gasteiger partial charge in [0.1, 0.15) is 12.7 Å². The molecule has 4 amide bonds. The van der Waals surface area contributed by atoms with Crippen LogP contribution in [0.25, 0.3) is 22.8 Å². The van der Waals surface area contributed by atoms with Crippen molar-refractivity contribution >= 4 is 63.8 Å². The maximum absolute atomic E-state index is 12.9. The Labute approximate surface area is 398 Å². The minimum atomic E-state index is -2.72. The van der Waals surface area contributed by atoms with Gasteiger partial charge in [-0.25, -0.2) is 9.97 Å². The molecule has 2 aromatic carbocycles. The van der Waals surface area contributed by atoms with Crippen molar-refractivity contribution in [3.8, 4) is 34.3 Å². The Bertz CT molecular complexity index is 3090. The molecule has 2 aliphatic heterocycles. The number of anilines is 5. The third kappa shape index (κ3) is 9.50. The van der Waals surface area contributed by atoms with Crippen LogP contribution in [0.2, 0.25) is 5.15 Å². The largest absolute Gasteiger partial charge is 0.494 e. The molecule has 2 aliphatic carbocycles. The van der Waals surface area contributed by atoms with Crippen LogP contribution in [0.5, 0.6) is 11.5 Å². The summed E-state index contributed by atoms with van der Waals surface area (Å²) >= 11 is 5.91. The first-order valence-electron chi connectivity index (χ1n) is 23.9. The second-order valence-corrected chi connectivity index (χ2v) is 16.5. The molecule has 2 saturated heterocycles. The molecule has 0 bridgehead atoms. The number of hydrogen-bond acceptors (Lipinski definition) is 16. The highest BCUT2D eigenvalue weighted by atomic mass is 35.5. The van der Waals surface area contributed by atoms with Gasteiger partial charge >= 0.3 is 0 Å². The summed E-state index contributed by atoms with van der Waals surface area (Å²) in [7, 11) is 6.46. The van der Waals surface area contributed by atoms with Crippen molar-refractivity contribution in [3.63, 3.8) is 0 Å². The van der Waals surface area contributed by atoms with Crippen molar-refractivity contribution in [1.29, 1.82) is 0 Å². The Kier molecular flexibility index (Phi) is 10.9. The number of halogens is 1. The predicted octanol–water partition coefficient (Wildman–Crippen LogP) is 4.22. The molecule has 5 N–H and O–H groups in total. The Morgan fingerprint density at radius 1 is 0.716 bits per heavy atom. The van der Waals surface area contributed by atoms with Gasteiger partial charge in [0.2, 0.25) is 11.8 Å². The number of nitrogens with zero attached hydrogens (tertiary/aromatic N) is 11. The summed E-state index contributed by atoms with van der Waals surface area (Å²) in [5.74, 6) is 0.387. The molecule has 0 atom stereocenters. The highest BCUT2D eigenvalue weighted by Crippen LogP contribution is 2.54. The van der Waals surface area contributed by atoms with E-state index in [9.17, 15) is 19.2 Å². The number of ether oxygens (including phenoxy) is 2. The molecule has 22 nitrogen and oxygen atoms in total. The second-order valence-electron chi connectivity index (χ2n) is 16.1. The first-order chi connectivity index (χ1) is 34.6. The fourth-order valence-corrected chi connectivity index (χ4v) is 7.95. The summed E-state index contributed by atoms with van der Waals surface area (Å²) in [6.45, 7) is -3.99. The monoisotopic (exact) mass is 938 g/mol. The normalized spacial score (nSPS) is 17.4. The number of benzene rings is 2. The quantitative estimate of drug-likeness (QED) is 0.122. The average Bonchev–Trinajstić information content (AvgIpc) is 4.10. The van der Waals surface area contributed by atoms with Crippen LogP contribution in [-0.4, -0.2) is 115 Å². The molecule has 4 aromatic heterocycles. The SMILES string of the molecule is O=C1NCCC12CC2.[2H]C([2H])([2H])NC(=O)c1nnc(Cl)cc1Nc1cccc(-c2ncn(C)n2)c1OC.[2H]C([2H])([2H])NC(=O)c1nnc(N2CCC3(CC3)C2=O)cc1Nc1cccc(-c2ncn(C)n2)c1OC. The first kappa shape index (κ1) is 38.5. The Balaban J connectivity index is 0.000000171. The van der Waals surface area contributed by atoms with Gasteiger partial charge in [-0.15, -0.1) is 20.4 Å². The van der Waals surface area contributed by atoms with Gasteiger partial charge in [0, 0.05) is 61.5 Å². The van der Waals surface area contributed by atoms with Crippen molar-refractivity contribution in [1.82, 2.24) is 65.9 Å². The number of aromatic nitrogens is 10. The van der Waals surface area contributed by atoms with Gasteiger partial charge in [-0.1, -0.05) is 23.7 Å². The van der Waals surface area contributed by atoms with Crippen molar-refractivity contribution in [2.75, 3.05) is 56.8 Å². The molecule has 23 heteroatoms. The zero-order chi connectivity index (χ0) is 52.5. The molecular weight excluding hydrogens is 884 g/mol. The summed E-state index contributed by atoms with van der Waals surface area (Å²) < 4.78 is 58.1. The molecule has 2 saturated carbocycles. The van der Waals surface area contributed by atoms with E-state index in [1.165, 1.54) is 26.4 Å². The van der Waals surface area contributed by atoms with E-state index in [0.717, 1.165) is 45.1 Å². The van der Waals surface area contributed by atoms with Gasteiger partial charge in [0.15, 0.2) is 45.5 Å². The molecular formula is C44H49ClN16O6. The minimum absolute atomic E-state index is 0.0109. The van der Waals surface area contributed by atoms with E-state index in [1.807, 2.05) is 10.6 Å². The van der Waals surface area contributed by atoms with Gasteiger partial charge in [0.05, 0.1) is 58.9 Å². The Morgan fingerprint density at radius 2 is 1.25 bits per heavy atom. The standard InChI is InChI=1S/C22H24N8O3.C16H16ClN7O2.C6H9NO/c1-23-20(31)17-15(11-16(26-27-17)30-10-9-22(7-8-22)21(30)32)25-14-6-4-5-13(18(14)33-3)19-24-12-29(2)28-19;1-18-16(25)13-11(7-12(17)21-22-13)20-10-6-4-5-9(14(10)26-3)15-19-8-24(2)23-15;8-5-6(1-2-6)3-4-7-5/h4-6,11-12H,7-10H2,1-3H3,(H,23,31)(H,25,26);4-8H,1-3H3,(H,18,25)(H,20,21);1-4H2,(H,7,8)/i2*1D3;. The van der Waals surface area contributed by atoms with Crippen LogP contribution < -0.4 is 41.0 Å². The van der Waals surface area contributed by atoms with Crippen molar-refractivity contribution in [3.05, 3.63) is 77.7 Å². The van der Waals surface area contributed by atoms with E-state index >= 15 is 0 Å². The minimum Gasteiger partial charge on any atom is -0.494 e. The van der Waals surface area contributed by atoms with Gasteiger partial charge < -0.3 is 36.1 Å². The van der Waals surface area contributed by atoms with Crippen LogP contribution in [0.3, 0.4) is 0 Å². The molecule has 0 radical (unpaired) electrons. The third-order valence-electron chi connectivity index (χ3n) is 11.7. The van der Waals surface area contributed by atoms with Crippen LogP contribution in [0.15, 0.2) is 61.2 Å². The molecule has 6 heterocycles. The topological polar surface area (TPSA) is 263 Å². The zero-order valence-corrected chi connectivity index (χ0v) is 37.4. The van der Waals surface area contributed by atoms with Crippen LogP contribution in [0.1, 0.15) is 67.7 Å². The van der Waals surface area contributed by atoms with Gasteiger partial charge in [-0.3, -0.25) is 33.4 Å². The number of rotatable bonds is 11. The van der Waals surface area contributed by atoms with Crippen molar-refractivity contribution in [2.24, 2.45) is 24.9 Å². The fraction of sp³-hybridized carbons (Fsp3) is 0.364. The average molecular weight is 939 g/mol. The highest BCUT2D eigenvalue weighted by molar-refractivity contribution is 6.29. The van der Waals surface area contributed by atoms with Gasteiger partial charge in [-0.05, 0) is 62.8 Å². The lowest BCUT2D eigenvalue weighted by Gasteiger charge is -2.19. The van der Waals surface area contributed by atoms with Crippen molar-refractivity contribution in [2.45, 2.75) is 38.5 Å². The Morgan fingerprint density at radius 3 is 1.69 bits per heavy atom. The van der Waals surface area contributed by atoms with E-state index in [-0.39, 0.29) is 50.5 Å². The molecule has 348 valence electrons. The molecule has 0 unspecified atom stereocenters. The highest BCUT2D eigenvalue weighted by Gasteiger charge is 2.56. The van der Waals surface area contributed by atoms with E-state index in [0.29, 0.717) is 58.1 Å². The number of carbonyl (C=O) groups excluding carboxylic acids is 4. The van der Waals surface area contributed by atoms with Crippen LogP contribution in [0.4, 0.5) is 28.6 Å². The van der Waals surface area contributed by atoms with Gasteiger partial charge in [-0.2, -0.15) is 10.2 Å². The lowest BCUT2D eigenvalue weighted by molar-refractivity contribution is -0.123. The molecule has 10 rings (SSSR count). The van der Waals surface area contributed by atoms with E-state index < -0.39 is 25.8 Å². The molecule has 4 aliphatic rings. The smallest absolute Gasteiger partial charge is 0.273 e. The second kappa shape index (κ2) is 19.0. The van der Waals surface area contributed by atoms with Crippen LogP contribution >= 0.6 is 11.6 Å². The molecule has 67 heavy (non-hydrogen) atoms. The number of aryl methyl sites for hydroxylation is 2. The lowest BCUT2D eigenvalue weighted by Crippen LogP contribution is -2.29. The van der Waals surface area contributed by atoms with Gasteiger partial charge in [0.25, 0.3) is 11.8 Å². The number of methoxy groups -OCH3 is 2. The van der Waals surface area contributed by atoms with Crippen LogP contribution in [-0.2, 0) is 23.7 Å². The van der Waals surface area contributed by atoms with Crippen molar-refractivity contribution < 1.29 is 36.9 Å². The van der Waals surface area contributed by atoms with E-state index in [1.54, 1.807) is 77.4 Å². The fourth-order valence-electron chi connectivity index (χ4n) is 7.80. The number of hydrogen-bond donors (Lipinski definition) is 5. The maximum atomic E-state index is 12.9. The Hall–Kier alpha value is -7.75. The first-order valence-corrected chi connectivity index (χ1v) is 21.3. The summed E-state index contributed by atoms with van der Waals surface area (Å²) in [4.78, 5) is 58.9. The predicted molar refractivity (Wildman–Crippen MR) is 246 cm³/mol. The number of amides is 4. The summed E-state index contributed by atoms with van der Waals surface area (Å²) in [6, 6.07) is 13.4. The third-order valence-corrected chi connectivity index (χ3v) is 11.9.